The lowest BCUT2D eigenvalue weighted by Gasteiger charge is -2.19. The standard InChI is InChI=1S/C19H19N7O2S/c1-12-16-7-6-14(11-17(16)25-24-12)26(2)18-8-9-21-19(23-18)22-13-4-3-5-15(10-13)29(20,27)28/h3-11H,1-2H3,(H,24,25)(H2,20,27,28)(H,21,22,23). The van der Waals surface area contributed by atoms with Crippen LogP contribution >= 0.6 is 0 Å². The molecule has 0 aliphatic heterocycles. The predicted molar refractivity (Wildman–Crippen MR) is 112 cm³/mol. The molecule has 148 valence electrons. The van der Waals surface area contributed by atoms with Crippen molar-refractivity contribution in [2.24, 2.45) is 5.14 Å². The second-order valence-electron chi connectivity index (χ2n) is 6.53. The number of fused-ring (bicyclic) bond motifs is 1. The number of nitrogens with one attached hydrogen (secondary N) is 2. The Morgan fingerprint density at radius 3 is 2.76 bits per heavy atom. The topological polar surface area (TPSA) is 130 Å². The quantitative estimate of drug-likeness (QED) is 0.462. The lowest BCUT2D eigenvalue weighted by molar-refractivity contribution is 0.598. The van der Waals surface area contributed by atoms with Crippen molar-refractivity contribution in [3.8, 4) is 0 Å². The van der Waals surface area contributed by atoms with E-state index in [0.717, 1.165) is 22.3 Å². The van der Waals surface area contributed by atoms with Crippen molar-refractivity contribution >= 4 is 44.1 Å². The van der Waals surface area contributed by atoms with Crippen LogP contribution in [0.3, 0.4) is 0 Å². The molecule has 0 bridgehead atoms. The number of anilines is 4. The molecule has 0 radical (unpaired) electrons. The molecule has 29 heavy (non-hydrogen) atoms. The summed E-state index contributed by atoms with van der Waals surface area (Å²) in [5, 5.41) is 16.5. The first kappa shape index (κ1) is 18.8. The molecule has 0 saturated heterocycles. The monoisotopic (exact) mass is 409 g/mol. The fraction of sp³-hybridized carbons (Fsp3) is 0.105. The van der Waals surface area contributed by atoms with E-state index in [2.05, 4.69) is 25.5 Å². The van der Waals surface area contributed by atoms with Gasteiger partial charge in [0.15, 0.2) is 0 Å². The van der Waals surface area contributed by atoms with Crippen LogP contribution in [0.4, 0.5) is 23.1 Å². The number of hydrogen-bond acceptors (Lipinski definition) is 7. The Hall–Kier alpha value is -3.50. The summed E-state index contributed by atoms with van der Waals surface area (Å²) < 4.78 is 23.1. The Kier molecular flexibility index (Phi) is 4.65. The summed E-state index contributed by atoms with van der Waals surface area (Å²) in [6.07, 6.45) is 1.63. The zero-order valence-electron chi connectivity index (χ0n) is 15.8. The van der Waals surface area contributed by atoms with E-state index in [-0.39, 0.29) is 4.90 Å². The van der Waals surface area contributed by atoms with Gasteiger partial charge >= 0.3 is 0 Å². The summed E-state index contributed by atoms with van der Waals surface area (Å²) in [5.41, 5.74) is 3.34. The molecule has 0 spiro atoms. The molecule has 0 fully saturated rings. The Morgan fingerprint density at radius 2 is 1.97 bits per heavy atom. The van der Waals surface area contributed by atoms with Gasteiger partial charge in [-0.05, 0) is 49.4 Å². The normalized spacial score (nSPS) is 11.6. The van der Waals surface area contributed by atoms with Gasteiger partial charge in [0.05, 0.1) is 16.1 Å². The van der Waals surface area contributed by atoms with E-state index >= 15 is 0 Å². The maximum absolute atomic E-state index is 11.5. The van der Waals surface area contributed by atoms with Crippen LogP contribution in [-0.4, -0.2) is 35.6 Å². The largest absolute Gasteiger partial charge is 0.329 e. The Bertz CT molecular complexity index is 1300. The van der Waals surface area contributed by atoms with Crippen molar-refractivity contribution in [3.05, 3.63) is 60.4 Å². The highest BCUT2D eigenvalue weighted by Gasteiger charge is 2.11. The van der Waals surface area contributed by atoms with E-state index in [4.69, 9.17) is 5.14 Å². The highest BCUT2D eigenvalue weighted by atomic mass is 32.2. The molecule has 4 N–H and O–H groups in total. The molecular formula is C19H19N7O2S. The number of nitrogens with zero attached hydrogens (tertiary/aromatic N) is 4. The van der Waals surface area contributed by atoms with Gasteiger partial charge in [-0.3, -0.25) is 5.10 Å². The van der Waals surface area contributed by atoms with Gasteiger partial charge < -0.3 is 10.2 Å². The molecular weight excluding hydrogens is 390 g/mol. The van der Waals surface area contributed by atoms with Gasteiger partial charge in [-0.15, -0.1) is 0 Å². The SMILES string of the molecule is Cc1n[nH]c2cc(N(C)c3ccnc(Nc4cccc(S(N)(=O)=O)c4)n3)ccc12. The fourth-order valence-corrected chi connectivity index (χ4v) is 3.52. The molecule has 2 aromatic carbocycles. The van der Waals surface area contributed by atoms with Crippen molar-refractivity contribution < 1.29 is 8.42 Å². The average molecular weight is 409 g/mol. The second-order valence-corrected chi connectivity index (χ2v) is 8.10. The molecule has 4 rings (SSSR count). The molecule has 0 aliphatic carbocycles. The summed E-state index contributed by atoms with van der Waals surface area (Å²) in [5.74, 6) is 1.00. The third-order valence-electron chi connectivity index (χ3n) is 4.53. The van der Waals surface area contributed by atoms with Crippen molar-refractivity contribution in [2.75, 3.05) is 17.3 Å². The summed E-state index contributed by atoms with van der Waals surface area (Å²) in [6.45, 7) is 1.95. The number of H-pyrrole nitrogens is 1. The Balaban J connectivity index is 1.61. The summed E-state index contributed by atoms with van der Waals surface area (Å²) in [6, 6.07) is 14.0. The highest BCUT2D eigenvalue weighted by Crippen LogP contribution is 2.27. The molecule has 0 aliphatic rings. The maximum Gasteiger partial charge on any atom is 0.238 e. The summed E-state index contributed by atoms with van der Waals surface area (Å²) in [7, 11) is -1.89. The van der Waals surface area contributed by atoms with Crippen LogP contribution in [-0.2, 0) is 10.0 Å². The van der Waals surface area contributed by atoms with Gasteiger partial charge in [0.2, 0.25) is 16.0 Å². The number of rotatable bonds is 5. The molecule has 10 heteroatoms. The van der Waals surface area contributed by atoms with E-state index in [1.54, 1.807) is 24.4 Å². The number of aryl methyl sites for hydroxylation is 1. The molecule has 0 amide bonds. The summed E-state index contributed by atoms with van der Waals surface area (Å²) in [4.78, 5) is 10.7. The maximum atomic E-state index is 11.5. The average Bonchev–Trinajstić information content (AvgIpc) is 3.07. The lowest BCUT2D eigenvalue weighted by Crippen LogP contribution is -2.13. The van der Waals surface area contributed by atoms with Crippen molar-refractivity contribution in [2.45, 2.75) is 11.8 Å². The second kappa shape index (κ2) is 7.15. The fourth-order valence-electron chi connectivity index (χ4n) is 2.96. The number of primary sulfonamides is 1. The Morgan fingerprint density at radius 1 is 1.14 bits per heavy atom. The van der Waals surface area contributed by atoms with Crippen LogP contribution in [0.25, 0.3) is 10.9 Å². The van der Waals surface area contributed by atoms with Crippen molar-refractivity contribution in [1.29, 1.82) is 0 Å². The van der Waals surface area contributed by atoms with E-state index in [1.807, 2.05) is 37.1 Å². The van der Waals surface area contributed by atoms with Gasteiger partial charge in [0, 0.05) is 30.0 Å². The van der Waals surface area contributed by atoms with E-state index in [0.29, 0.717) is 17.5 Å². The number of sulfonamides is 1. The van der Waals surface area contributed by atoms with Gasteiger partial charge in [-0.2, -0.15) is 10.1 Å². The van der Waals surface area contributed by atoms with E-state index in [9.17, 15) is 8.42 Å². The predicted octanol–water partition coefficient (Wildman–Crippen LogP) is 2.82. The minimum atomic E-state index is -3.79. The first-order chi connectivity index (χ1) is 13.8. The summed E-state index contributed by atoms with van der Waals surface area (Å²) >= 11 is 0. The third kappa shape index (κ3) is 3.89. The van der Waals surface area contributed by atoms with Crippen LogP contribution in [0.5, 0.6) is 0 Å². The van der Waals surface area contributed by atoms with E-state index < -0.39 is 10.0 Å². The molecule has 0 saturated carbocycles. The van der Waals surface area contributed by atoms with Gasteiger partial charge in [0.1, 0.15) is 5.82 Å². The molecule has 9 nitrogen and oxygen atoms in total. The number of aromatic amines is 1. The highest BCUT2D eigenvalue weighted by molar-refractivity contribution is 7.89. The molecule has 2 heterocycles. The number of benzene rings is 2. The van der Waals surface area contributed by atoms with Crippen molar-refractivity contribution in [1.82, 2.24) is 20.2 Å². The lowest BCUT2D eigenvalue weighted by atomic mass is 10.2. The van der Waals surface area contributed by atoms with Crippen LogP contribution in [0.1, 0.15) is 5.69 Å². The van der Waals surface area contributed by atoms with Crippen LogP contribution < -0.4 is 15.4 Å². The number of nitrogens with two attached hydrogens (primary N) is 1. The number of aromatic nitrogens is 4. The first-order valence-corrected chi connectivity index (χ1v) is 10.3. The van der Waals surface area contributed by atoms with Crippen molar-refractivity contribution in [3.63, 3.8) is 0 Å². The van der Waals surface area contributed by atoms with Crippen LogP contribution in [0.15, 0.2) is 59.6 Å². The molecule has 2 aromatic heterocycles. The van der Waals surface area contributed by atoms with Gasteiger partial charge in [-0.1, -0.05) is 6.07 Å². The van der Waals surface area contributed by atoms with E-state index in [1.165, 1.54) is 12.1 Å². The smallest absolute Gasteiger partial charge is 0.238 e. The minimum Gasteiger partial charge on any atom is -0.329 e. The van der Waals surface area contributed by atoms with Crippen LogP contribution in [0, 0.1) is 6.92 Å². The number of hydrogen-bond donors (Lipinski definition) is 3. The molecule has 4 aromatic rings. The Labute approximate surface area is 167 Å². The zero-order valence-corrected chi connectivity index (χ0v) is 16.6. The minimum absolute atomic E-state index is 0.0129. The first-order valence-electron chi connectivity index (χ1n) is 8.73. The third-order valence-corrected chi connectivity index (χ3v) is 5.44. The van der Waals surface area contributed by atoms with Gasteiger partial charge in [-0.25, -0.2) is 18.5 Å². The van der Waals surface area contributed by atoms with Crippen LogP contribution in [0.2, 0.25) is 0 Å². The zero-order chi connectivity index (χ0) is 20.6. The van der Waals surface area contributed by atoms with Gasteiger partial charge in [0.25, 0.3) is 0 Å². The molecule has 0 unspecified atom stereocenters. The molecule has 0 atom stereocenters.